The number of hydrogen-bond donors (Lipinski definition) is 3. The summed E-state index contributed by atoms with van der Waals surface area (Å²) in [5, 5.41) is 23.4. The molecule has 4 aromatic rings. The maximum atomic E-state index is 14.4. The minimum atomic E-state index is -1.15. The molecule has 13 nitrogen and oxygen atoms in total. The molecule has 60 heavy (non-hydrogen) atoms. The lowest BCUT2D eigenvalue weighted by atomic mass is 9.25. The van der Waals surface area contributed by atoms with Gasteiger partial charge in [-0.2, -0.15) is 0 Å². The fourth-order valence-electron chi connectivity index (χ4n) is 13.5. The molecule has 316 valence electrons. The summed E-state index contributed by atoms with van der Waals surface area (Å²) in [4.78, 5) is 34.3. The zero-order valence-electron chi connectivity index (χ0n) is 35.3. The zero-order chi connectivity index (χ0) is 41.8. The van der Waals surface area contributed by atoms with E-state index < -0.39 is 5.97 Å². The lowest BCUT2D eigenvalue weighted by Crippen LogP contribution is -2.82. The molecule has 4 aliphatic carbocycles. The number of carboxylic acids is 1. The molecule has 4 saturated carbocycles. The molecular weight excluding hydrogens is 780 g/mol. The molecule has 3 aromatic heterocycles. The van der Waals surface area contributed by atoms with Crippen molar-refractivity contribution in [2.45, 2.75) is 78.2 Å². The first kappa shape index (κ1) is 39.6. The SMILES string of the molecule is CC(=NCC12CC3(C)CC4(OCCN5CCN(C)CC5)CC(C)(C1)C34C2)/C(=C\N)c1ccc(N2CCCc3c2nnc(Nc2nc4cccc(F)c4s2)c3C)nc1C(=O)O. The Morgan fingerprint density at radius 2 is 1.82 bits per heavy atom. The molecule has 2 bridgehead atoms. The van der Waals surface area contributed by atoms with Crippen LogP contribution < -0.4 is 16.0 Å². The van der Waals surface area contributed by atoms with Crippen molar-refractivity contribution in [1.29, 1.82) is 0 Å². The zero-order valence-corrected chi connectivity index (χ0v) is 36.1. The van der Waals surface area contributed by atoms with Crippen LogP contribution in [-0.2, 0) is 11.2 Å². The Bertz CT molecular complexity index is 2460. The highest BCUT2D eigenvalue weighted by Crippen LogP contribution is 2.95. The van der Waals surface area contributed by atoms with E-state index in [1.54, 1.807) is 18.2 Å². The van der Waals surface area contributed by atoms with Crippen molar-refractivity contribution in [3.8, 4) is 0 Å². The number of pyridine rings is 1. The monoisotopic (exact) mass is 834 g/mol. The van der Waals surface area contributed by atoms with Crippen LogP contribution in [0.25, 0.3) is 15.8 Å². The average Bonchev–Trinajstić information content (AvgIpc) is 3.83. The fraction of sp³-hybridized carbons (Fsp3) is 0.556. The molecule has 2 atom stereocenters. The predicted molar refractivity (Wildman–Crippen MR) is 233 cm³/mol. The van der Waals surface area contributed by atoms with Gasteiger partial charge < -0.3 is 30.7 Å². The summed E-state index contributed by atoms with van der Waals surface area (Å²) < 4.78 is 21.8. The predicted octanol–water partition coefficient (Wildman–Crippen LogP) is 7.21. The Morgan fingerprint density at radius 3 is 2.53 bits per heavy atom. The van der Waals surface area contributed by atoms with E-state index in [1.807, 2.05) is 24.8 Å². The number of nitrogens with one attached hydrogen (secondary N) is 1. The summed E-state index contributed by atoms with van der Waals surface area (Å²) >= 11 is 1.23. The molecule has 10 rings (SSSR count). The second-order valence-corrected chi connectivity index (χ2v) is 20.2. The number of benzene rings is 1. The third kappa shape index (κ3) is 5.78. The highest BCUT2D eigenvalue weighted by atomic mass is 32.1. The number of hydrogen-bond acceptors (Lipinski definition) is 13. The van der Waals surface area contributed by atoms with E-state index in [9.17, 15) is 14.3 Å². The molecule has 1 spiro atoms. The van der Waals surface area contributed by atoms with Gasteiger partial charge in [0.15, 0.2) is 22.5 Å². The van der Waals surface area contributed by atoms with E-state index in [-0.39, 0.29) is 38.8 Å². The number of nitrogens with two attached hydrogens (primary N) is 1. The number of carbonyl (C=O) groups is 1. The summed E-state index contributed by atoms with van der Waals surface area (Å²) in [7, 11) is 2.20. The number of allylic oxidation sites excluding steroid dienone is 1. The first-order chi connectivity index (χ1) is 28.7. The van der Waals surface area contributed by atoms with E-state index >= 15 is 0 Å². The Kier molecular flexibility index (Phi) is 9.22. The van der Waals surface area contributed by atoms with Crippen LogP contribution in [0.3, 0.4) is 0 Å². The van der Waals surface area contributed by atoms with Gasteiger partial charge in [-0.3, -0.25) is 9.89 Å². The van der Waals surface area contributed by atoms with Gasteiger partial charge >= 0.3 is 5.97 Å². The number of piperazine rings is 1. The van der Waals surface area contributed by atoms with E-state index in [2.05, 4.69) is 51.2 Å². The van der Waals surface area contributed by atoms with Gasteiger partial charge in [-0.1, -0.05) is 31.3 Å². The van der Waals surface area contributed by atoms with Crippen molar-refractivity contribution in [1.82, 2.24) is 30.0 Å². The Hall–Kier alpha value is -4.57. The van der Waals surface area contributed by atoms with Crippen molar-refractivity contribution >= 4 is 61.4 Å². The van der Waals surface area contributed by atoms with E-state index in [4.69, 9.17) is 20.4 Å². The third-order valence-electron chi connectivity index (χ3n) is 15.6. The van der Waals surface area contributed by atoms with Gasteiger partial charge in [0.25, 0.3) is 0 Å². The summed E-state index contributed by atoms with van der Waals surface area (Å²) in [6, 6.07) is 8.47. The molecule has 2 unspecified atom stereocenters. The first-order valence-corrected chi connectivity index (χ1v) is 22.2. The fourth-order valence-corrected chi connectivity index (χ4v) is 14.4. The van der Waals surface area contributed by atoms with Gasteiger partial charge in [0.2, 0.25) is 0 Å². The molecule has 5 heterocycles. The molecule has 5 fully saturated rings. The summed E-state index contributed by atoms with van der Waals surface area (Å²) in [6.45, 7) is 16.5. The summed E-state index contributed by atoms with van der Waals surface area (Å²) in [6.07, 6.45) is 8.73. The van der Waals surface area contributed by atoms with E-state index in [0.29, 0.717) is 62.7 Å². The van der Waals surface area contributed by atoms with Crippen LogP contribution in [0, 0.1) is 34.4 Å². The second-order valence-electron chi connectivity index (χ2n) is 19.2. The largest absolute Gasteiger partial charge is 0.476 e. The Balaban J connectivity index is 0.856. The number of thiazole rings is 1. The van der Waals surface area contributed by atoms with Gasteiger partial charge in [0, 0.05) is 85.4 Å². The van der Waals surface area contributed by atoms with E-state index in [0.717, 1.165) is 95.4 Å². The smallest absolute Gasteiger partial charge is 0.355 e. The number of fused-ring (bicyclic) bond motifs is 3. The molecule has 15 heteroatoms. The van der Waals surface area contributed by atoms with Crippen LogP contribution in [-0.4, -0.2) is 112 Å². The Morgan fingerprint density at radius 1 is 1.05 bits per heavy atom. The minimum Gasteiger partial charge on any atom is -0.476 e. The highest BCUT2D eigenvalue weighted by molar-refractivity contribution is 7.22. The van der Waals surface area contributed by atoms with Gasteiger partial charge in [-0.05, 0) is 106 Å². The third-order valence-corrected chi connectivity index (χ3v) is 16.6. The van der Waals surface area contributed by atoms with Crippen molar-refractivity contribution < 1.29 is 19.0 Å². The molecule has 1 aromatic carbocycles. The van der Waals surface area contributed by atoms with E-state index in [1.165, 1.54) is 23.6 Å². The van der Waals surface area contributed by atoms with Crippen molar-refractivity contribution in [2.24, 2.45) is 32.4 Å². The van der Waals surface area contributed by atoms with Crippen molar-refractivity contribution in [3.63, 3.8) is 0 Å². The van der Waals surface area contributed by atoms with Crippen LogP contribution in [0.1, 0.15) is 86.5 Å². The maximum Gasteiger partial charge on any atom is 0.355 e. The molecule has 6 aliphatic rings. The second kappa shape index (κ2) is 14.0. The molecule has 2 aliphatic heterocycles. The number of likely N-dealkylation sites (N-methyl/N-ethyl adjacent to an activating group) is 1. The number of aromatic nitrogens is 4. The number of aliphatic imine (C=N–C) groups is 1. The highest BCUT2D eigenvalue weighted by Gasteiger charge is 2.93. The normalized spacial score (nSPS) is 31.2. The number of ether oxygens (including phenoxy) is 1. The number of anilines is 4. The quantitative estimate of drug-likeness (QED) is 0.123. The molecule has 0 radical (unpaired) electrons. The number of halogens is 1. The van der Waals surface area contributed by atoms with Crippen LogP contribution in [0.4, 0.5) is 27.0 Å². The number of aromatic carboxylic acids is 1. The maximum absolute atomic E-state index is 14.4. The number of nitrogens with zero attached hydrogens (tertiary/aromatic N) is 8. The lowest BCUT2D eigenvalue weighted by Gasteiger charge is -2.82. The van der Waals surface area contributed by atoms with Crippen molar-refractivity contribution in [3.05, 3.63) is 64.7 Å². The minimum absolute atomic E-state index is 0.0104. The standard InChI is InChI=1S/C45H55FN10O3S/c1-27-29-8-7-13-56(38(29)53-52-37(27)51-40-49-33-10-6-9-32(46)36(33)60-40)34-12-11-30(35(50-34)39(57)58)31(20-47)28(2)48-26-43-21-41(3)23-44(24-42(4,22-43)45(41,44)25-43)59-19-18-55-16-14-54(5)15-17-55/h6,9-12,20H,7-8,13-19,21-26,47H2,1-5H3,(H,57,58)(H,49,51,52)/b31-20+,48-28?. The topological polar surface area (TPSA) is 158 Å². The van der Waals surface area contributed by atoms with Crippen LogP contribution in [0.5, 0.6) is 0 Å². The number of rotatable bonds is 12. The van der Waals surface area contributed by atoms with Crippen LogP contribution >= 0.6 is 11.3 Å². The van der Waals surface area contributed by atoms with Crippen LogP contribution in [0.2, 0.25) is 0 Å². The van der Waals surface area contributed by atoms with Crippen molar-refractivity contribution in [2.75, 3.05) is 69.7 Å². The van der Waals surface area contributed by atoms with Gasteiger partial charge in [-0.25, -0.2) is 19.2 Å². The Labute approximate surface area is 354 Å². The molecular formula is C45H55FN10O3S. The summed E-state index contributed by atoms with van der Waals surface area (Å²) in [5.74, 6) is 0.180. The van der Waals surface area contributed by atoms with Crippen LogP contribution in [0.15, 0.2) is 41.5 Å². The summed E-state index contributed by atoms with van der Waals surface area (Å²) in [5.41, 5.74) is 11.2. The number of carboxylic acid groups (broad SMARTS) is 1. The average molecular weight is 835 g/mol. The lowest BCUT2D eigenvalue weighted by molar-refractivity contribution is -0.397. The van der Waals surface area contributed by atoms with Gasteiger partial charge in [0.05, 0.1) is 22.4 Å². The van der Waals surface area contributed by atoms with Gasteiger partial charge in [-0.15, -0.1) is 10.2 Å². The van der Waals surface area contributed by atoms with Gasteiger partial charge in [0.1, 0.15) is 11.6 Å². The molecule has 0 amide bonds. The molecule has 4 N–H and O–H groups in total. The first-order valence-electron chi connectivity index (χ1n) is 21.4. The molecule has 1 saturated heterocycles.